The van der Waals surface area contributed by atoms with Crippen LogP contribution in [0.15, 0.2) is 53.4 Å². The van der Waals surface area contributed by atoms with Crippen LogP contribution in [-0.4, -0.2) is 38.3 Å². The van der Waals surface area contributed by atoms with E-state index in [1.54, 1.807) is 23.9 Å². The molecule has 3 aromatic carbocycles. The SMILES string of the molecule is CCOc1cc(C(=O)NC2Sc3c(ccc4ccccc34)N2C)cc(OCC)c1OCC. The minimum Gasteiger partial charge on any atom is -0.490 e. The first kappa shape index (κ1) is 22.1. The number of ether oxygens (including phenoxy) is 3. The topological polar surface area (TPSA) is 60.0 Å². The number of carbonyl (C=O) groups excluding carboxylic acids is 1. The van der Waals surface area contributed by atoms with Gasteiger partial charge in [0.25, 0.3) is 5.91 Å². The number of benzene rings is 3. The maximum absolute atomic E-state index is 13.2. The van der Waals surface area contributed by atoms with Crippen LogP contribution in [0.25, 0.3) is 10.8 Å². The summed E-state index contributed by atoms with van der Waals surface area (Å²) in [5, 5.41) is 5.52. The summed E-state index contributed by atoms with van der Waals surface area (Å²) in [5.41, 5.74) is 1.35. The van der Waals surface area contributed by atoms with E-state index in [4.69, 9.17) is 14.2 Å². The minimum atomic E-state index is -0.221. The molecule has 1 amide bonds. The molecule has 0 aromatic heterocycles. The van der Waals surface area contributed by atoms with Gasteiger partial charge >= 0.3 is 0 Å². The van der Waals surface area contributed by atoms with Crippen LogP contribution in [0.4, 0.5) is 5.69 Å². The zero-order chi connectivity index (χ0) is 22.7. The highest BCUT2D eigenvalue weighted by Crippen LogP contribution is 2.46. The number of nitrogens with one attached hydrogen (secondary N) is 1. The Hall–Kier alpha value is -3.06. The molecule has 0 aliphatic carbocycles. The van der Waals surface area contributed by atoms with Crippen LogP contribution in [0.5, 0.6) is 17.2 Å². The number of amides is 1. The third-order valence-corrected chi connectivity index (χ3v) is 6.57. The van der Waals surface area contributed by atoms with Crippen molar-refractivity contribution in [3.8, 4) is 17.2 Å². The molecule has 0 saturated carbocycles. The molecule has 0 saturated heterocycles. The third-order valence-electron chi connectivity index (χ3n) is 5.25. The van der Waals surface area contributed by atoms with Gasteiger partial charge in [0.05, 0.1) is 25.5 Å². The number of hydrogen-bond donors (Lipinski definition) is 1. The highest BCUT2D eigenvalue weighted by molar-refractivity contribution is 8.00. The van der Waals surface area contributed by atoms with E-state index in [1.807, 2.05) is 40.0 Å². The number of anilines is 1. The average molecular weight is 453 g/mol. The average Bonchev–Trinajstić information content (AvgIpc) is 3.11. The van der Waals surface area contributed by atoms with Crippen molar-refractivity contribution in [1.82, 2.24) is 5.32 Å². The summed E-state index contributed by atoms with van der Waals surface area (Å²) in [6.45, 7) is 7.09. The van der Waals surface area contributed by atoms with Gasteiger partial charge in [-0.15, -0.1) is 0 Å². The van der Waals surface area contributed by atoms with Crippen molar-refractivity contribution >= 4 is 34.1 Å². The van der Waals surface area contributed by atoms with Gasteiger partial charge in [-0.3, -0.25) is 4.79 Å². The molecule has 0 radical (unpaired) electrons. The second-order valence-corrected chi connectivity index (χ2v) is 8.38. The molecule has 1 aliphatic heterocycles. The number of hydrogen-bond acceptors (Lipinski definition) is 6. The van der Waals surface area contributed by atoms with Gasteiger partial charge in [-0.1, -0.05) is 42.1 Å². The molecule has 0 fully saturated rings. The van der Waals surface area contributed by atoms with Gasteiger partial charge in [0.2, 0.25) is 5.75 Å². The van der Waals surface area contributed by atoms with Crippen molar-refractivity contribution < 1.29 is 19.0 Å². The molecule has 1 heterocycles. The van der Waals surface area contributed by atoms with Gasteiger partial charge in [-0.25, -0.2) is 0 Å². The van der Waals surface area contributed by atoms with Gasteiger partial charge in [0.1, 0.15) is 0 Å². The molecule has 3 aromatic rings. The van der Waals surface area contributed by atoms with Crippen molar-refractivity contribution in [2.75, 3.05) is 31.8 Å². The summed E-state index contributed by atoms with van der Waals surface area (Å²) in [5.74, 6) is 1.34. The molecule has 168 valence electrons. The third kappa shape index (κ3) is 4.17. The van der Waals surface area contributed by atoms with Crippen molar-refractivity contribution in [1.29, 1.82) is 0 Å². The van der Waals surface area contributed by atoms with Crippen LogP contribution < -0.4 is 24.4 Å². The number of thioether (sulfide) groups is 1. The molecule has 32 heavy (non-hydrogen) atoms. The molecular formula is C25H28N2O4S. The molecule has 1 aliphatic rings. The summed E-state index contributed by atoms with van der Waals surface area (Å²) in [4.78, 5) is 16.5. The van der Waals surface area contributed by atoms with Crippen LogP contribution in [0.2, 0.25) is 0 Å². The van der Waals surface area contributed by atoms with Gasteiger partial charge in [0.15, 0.2) is 17.0 Å². The van der Waals surface area contributed by atoms with Gasteiger partial charge in [0, 0.05) is 17.5 Å². The van der Waals surface area contributed by atoms with Crippen molar-refractivity contribution in [2.24, 2.45) is 0 Å². The van der Waals surface area contributed by atoms with Crippen molar-refractivity contribution in [3.63, 3.8) is 0 Å². The summed E-state index contributed by atoms with van der Waals surface area (Å²) in [6.07, 6.45) is 0. The van der Waals surface area contributed by atoms with E-state index >= 15 is 0 Å². The van der Waals surface area contributed by atoms with Crippen molar-refractivity contribution in [3.05, 3.63) is 54.1 Å². The molecule has 0 bridgehead atoms. The molecule has 1 N–H and O–H groups in total. The van der Waals surface area contributed by atoms with E-state index in [-0.39, 0.29) is 11.4 Å². The number of nitrogens with zero attached hydrogens (tertiary/aromatic N) is 1. The highest BCUT2D eigenvalue weighted by atomic mass is 32.2. The van der Waals surface area contributed by atoms with E-state index in [1.165, 1.54) is 15.7 Å². The lowest BCUT2D eigenvalue weighted by molar-refractivity contribution is 0.0949. The number of carbonyl (C=O) groups is 1. The fourth-order valence-electron chi connectivity index (χ4n) is 3.79. The van der Waals surface area contributed by atoms with E-state index in [0.717, 1.165) is 5.69 Å². The van der Waals surface area contributed by atoms with Gasteiger partial charge in [-0.05, 0) is 49.7 Å². The van der Waals surface area contributed by atoms with Gasteiger partial charge < -0.3 is 24.4 Å². The zero-order valence-electron chi connectivity index (χ0n) is 18.8. The number of rotatable bonds is 8. The first-order chi connectivity index (χ1) is 15.6. The summed E-state index contributed by atoms with van der Waals surface area (Å²) in [6, 6.07) is 16.0. The lowest BCUT2D eigenvalue weighted by Gasteiger charge is -2.23. The predicted molar refractivity (Wildman–Crippen MR) is 129 cm³/mol. The molecule has 1 atom stereocenters. The zero-order valence-corrected chi connectivity index (χ0v) is 19.6. The van der Waals surface area contributed by atoms with E-state index in [2.05, 4.69) is 34.5 Å². The first-order valence-electron chi connectivity index (χ1n) is 10.9. The maximum Gasteiger partial charge on any atom is 0.253 e. The van der Waals surface area contributed by atoms with E-state index in [0.29, 0.717) is 42.6 Å². The maximum atomic E-state index is 13.2. The first-order valence-corrected chi connectivity index (χ1v) is 11.7. The molecule has 6 nitrogen and oxygen atoms in total. The Kier molecular flexibility index (Phi) is 6.65. The Balaban J connectivity index is 1.61. The molecule has 7 heteroatoms. The van der Waals surface area contributed by atoms with E-state index < -0.39 is 0 Å². The molecular weight excluding hydrogens is 424 g/mol. The minimum absolute atomic E-state index is 0.198. The largest absolute Gasteiger partial charge is 0.490 e. The second-order valence-electron chi connectivity index (χ2n) is 7.29. The van der Waals surface area contributed by atoms with Crippen LogP contribution in [0.3, 0.4) is 0 Å². The Morgan fingerprint density at radius 2 is 1.62 bits per heavy atom. The van der Waals surface area contributed by atoms with Crippen LogP contribution >= 0.6 is 11.8 Å². The Morgan fingerprint density at radius 1 is 0.969 bits per heavy atom. The second kappa shape index (κ2) is 9.61. The summed E-state index contributed by atoms with van der Waals surface area (Å²) in [7, 11) is 1.99. The molecule has 1 unspecified atom stereocenters. The Bertz CT molecular complexity index is 1110. The summed E-state index contributed by atoms with van der Waals surface area (Å²) < 4.78 is 17.3. The fourth-order valence-corrected chi connectivity index (χ4v) is 5.10. The summed E-state index contributed by atoms with van der Waals surface area (Å²) >= 11 is 1.64. The normalized spacial score (nSPS) is 14.9. The smallest absolute Gasteiger partial charge is 0.253 e. The quantitative estimate of drug-likeness (QED) is 0.501. The van der Waals surface area contributed by atoms with Crippen LogP contribution in [0.1, 0.15) is 31.1 Å². The Labute approximate surface area is 192 Å². The Morgan fingerprint density at radius 3 is 2.28 bits per heavy atom. The molecule has 0 spiro atoms. The van der Waals surface area contributed by atoms with Gasteiger partial charge in [-0.2, -0.15) is 0 Å². The standard InChI is InChI=1S/C25H28N2O4S/c1-5-29-20-14-17(15-21(30-6-2)22(20)31-7-3)24(28)26-25-27(4)19-13-12-16-10-8-9-11-18(16)23(19)32-25/h8-15,25H,5-7H2,1-4H3,(H,26,28). The number of fused-ring (bicyclic) bond motifs is 3. The van der Waals surface area contributed by atoms with Crippen molar-refractivity contribution in [2.45, 2.75) is 31.2 Å². The lowest BCUT2D eigenvalue weighted by Crippen LogP contribution is -2.41. The van der Waals surface area contributed by atoms with E-state index in [9.17, 15) is 4.79 Å². The monoisotopic (exact) mass is 452 g/mol. The lowest BCUT2D eigenvalue weighted by atomic mass is 10.1. The predicted octanol–water partition coefficient (Wildman–Crippen LogP) is 5.29. The van der Waals surface area contributed by atoms with Crippen LogP contribution in [0, 0.1) is 0 Å². The highest BCUT2D eigenvalue weighted by Gasteiger charge is 2.30. The van der Waals surface area contributed by atoms with Crippen LogP contribution in [-0.2, 0) is 0 Å². The fraction of sp³-hybridized carbons (Fsp3) is 0.320. The molecule has 4 rings (SSSR count).